The summed E-state index contributed by atoms with van der Waals surface area (Å²) in [7, 11) is 3.25. The summed E-state index contributed by atoms with van der Waals surface area (Å²) in [6, 6.07) is 5.57. The molecule has 1 aromatic carbocycles. The van der Waals surface area contributed by atoms with Crippen LogP contribution >= 0.6 is 0 Å². The molecule has 20 heavy (non-hydrogen) atoms. The number of hydrogen-bond donors (Lipinski definition) is 1. The molecular weight excluding hydrogens is 256 g/mol. The molecule has 2 N–H and O–H groups in total. The van der Waals surface area contributed by atoms with Gasteiger partial charge in [-0.2, -0.15) is 0 Å². The summed E-state index contributed by atoms with van der Waals surface area (Å²) in [6.07, 6.45) is 0. The number of benzene rings is 1. The molecule has 2 rings (SSSR count). The van der Waals surface area contributed by atoms with Crippen LogP contribution in [-0.4, -0.2) is 29.2 Å². The van der Waals surface area contributed by atoms with Crippen LogP contribution in [0.2, 0.25) is 0 Å². The van der Waals surface area contributed by atoms with Crippen LogP contribution in [0, 0.1) is 0 Å². The van der Waals surface area contributed by atoms with Crippen molar-refractivity contribution >= 4 is 0 Å². The van der Waals surface area contributed by atoms with Gasteiger partial charge in [0.15, 0.2) is 0 Å². The Kier molecular flexibility index (Phi) is 4.24. The van der Waals surface area contributed by atoms with Crippen LogP contribution in [0.3, 0.4) is 0 Å². The third kappa shape index (κ3) is 2.46. The minimum absolute atomic E-state index is 0.249. The minimum Gasteiger partial charge on any atom is -0.497 e. The molecule has 0 spiro atoms. The lowest BCUT2D eigenvalue weighted by molar-refractivity contribution is 0.400. The Morgan fingerprint density at radius 1 is 1.25 bits per heavy atom. The van der Waals surface area contributed by atoms with Crippen molar-refractivity contribution in [3.05, 3.63) is 29.6 Å². The van der Waals surface area contributed by atoms with Crippen molar-refractivity contribution in [2.45, 2.75) is 26.3 Å². The normalized spacial score (nSPS) is 10.9. The summed E-state index contributed by atoms with van der Waals surface area (Å²) in [6.45, 7) is 4.53. The minimum atomic E-state index is 0.249. The van der Waals surface area contributed by atoms with Crippen LogP contribution < -0.4 is 15.2 Å². The maximum absolute atomic E-state index is 5.73. The zero-order chi connectivity index (χ0) is 14.7. The van der Waals surface area contributed by atoms with Crippen LogP contribution in [-0.2, 0) is 6.54 Å². The van der Waals surface area contributed by atoms with Gasteiger partial charge in [0.1, 0.15) is 22.9 Å². The molecule has 0 fully saturated rings. The van der Waals surface area contributed by atoms with Gasteiger partial charge in [-0.05, 0) is 18.1 Å². The van der Waals surface area contributed by atoms with Crippen molar-refractivity contribution < 1.29 is 9.47 Å². The Hall–Kier alpha value is -2.08. The van der Waals surface area contributed by atoms with E-state index in [-0.39, 0.29) is 5.92 Å². The fourth-order valence-electron chi connectivity index (χ4n) is 2.18. The molecule has 0 amide bonds. The average molecular weight is 276 g/mol. The van der Waals surface area contributed by atoms with Gasteiger partial charge in [0.25, 0.3) is 0 Å². The van der Waals surface area contributed by atoms with Crippen LogP contribution in [0.5, 0.6) is 11.5 Å². The van der Waals surface area contributed by atoms with Gasteiger partial charge in [-0.3, -0.25) is 0 Å². The Labute approximate surface area is 118 Å². The first kappa shape index (κ1) is 14.3. The maximum atomic E-state index is 5.73. The van der Waals surface area contributed by atoms with E-state index in [1.54, 1.807) is 18.9 Å². The number of rotatable bonds is 5. The number of nitrogens with zero attached hydrogens (tertiary/aromatic N) is 3. The van der Waals surface area contributed by atoms with Crippen LogP contribution in [0.1, 0.15) is 31.2 Å². The first-order valence-electron chi connectivity index (χ1n) is 6.49. The molecular formula is C14H20N4O2. The molecule has 0 aliphatic heterocycles. The largest absolute Gasteiger partial charge is 0.497 e. The van der Waals surface area contributed by atoms with E-state index in [0.717, 1.165) is 22.8 Å². The Morgan fingerprint density at radius 2 is 2.00 bits per heavy atom. The average Bonchev–Trinajstić information content (AvgIpc) is 2.90. The van der Waals surface area contributed by atoms with E-state index in [1.807, 2.05) is 18.2 Å². The van der Waals surface area contributed by atoms with Crippen molar-refractivity contribution in [2.24, 2.45) is 5.73 Å². The monoisotopic (exact) mass is 276 g/mol. The number of aromatic nitrogens is 3. The summed E-state index contributed by atoms with van der Waals surface area (Å²) >= 11 is 0. The smallest absolute Gasteiger partial charge is 0.144 e. The first-order valence-corrected chi connectivity index (χ1v) is 6.49. The van der Waals surface area contributed by atoms with E-state index in [0.29, 0.717) is 12.3 Å². The molecule has 1 aromatic heterocycles. The summed E-state index contributed by atoms with van der Waals surface area (Å²) < 4.78 is 12.4. The molecule has 6 heteroatoms. The van der Waals surface area contributed by atoms with Gasteiger partial charge in [-0.25, -0.2) is 4.68 Å². The Balaban J connectivity index is 2.64. The molecule has 0 radical (unpaired) electrons. The van der Waals surface area contributed by atoms with Crippen LogP contribution in [0.25, 0.3) is 5.69 Å². The standard InChI is InChI=1S/C14H20N4O2/c1-9(2)14-11(8-15)16-17-18(14)12-7-10(19-3)5-6-13(12)20-4/h5-7,9H,8,15H2,1-4H3. The van der Waals surface area contributed by atoms with Crippen molar-refractivity contribution in [2.75, 3.05) is 14.2 Å². The van der Waals surface area contributed by atoms with Gasteiger partial charge in [-0.15, -0.1) is 5.10 Å². The van der Waals surface area contributed by atoms with Gasteiger partial charge < -0.3 is 15.2 Å². The van der Waals surface area contributed by atoms with Crippen molar-refractivity contribution in [1.82, 2.24) is 15.0 Å². The first-order chi connectivity index (χ1) is 9.62. The highest BCUT2D eigenvalue weighted by Gasteiger charge is 2.19. The Morgan fingerprint density at radius 3 is 2.55 bits per heavy atom. The van der Waals surface area contributed by atoms with Crippen LogP contribution in [0.4, 0.5) is 0 Å². The number of nitrogens with two attached hydrogens (primary N) is 1. The van der Waals surface area contributed by atoms with E-state index in [1.165, 1.54) is 0 Å². The molecule has 0 unspecified atom stereocenters. The van der Waals surface area contributed by atoms with Gasteiger partial charge in [0.2, 0.25) is 0 Å². The second-order valence-corrected chi connectivity index (χ2v) is 4.73. The fourth-order valence-corrected chi connectivity index (χ4v) is 2.18. The molecule has 108 valence electrons. The van der Waals surface area contributed by atoms with Gasteiger partial charge in [0.05, 0.1) is 19.9 Å². The van der Waals surface area contributed by atoms with Gasteiger partial charge >= 0.3 is 0 Å². The molecule has 0 bridgehead atoms. The number of hydrogen-bond acceptors (Lipinski definition) is 5. The third-order valence-corrected chi connectivity index (χ3v) is 3.13. The summed E-state index contributed by atoms with van der Waals surface area (Å²) in [5, 5.41) is 8.37. The van der Waals surface area contributed by atoms with E-state index in [2.05, 4.69) is 24.2 Å². The lowest BCUT2D eigenvalue weighted by atomic mass is 10.1. The summed E-state index contributed by atoms with van der Waals surface area (Å²) in [5.74, 6) is 1.70. The van der Waals surface area contributed by atoms with E-state index >= 15 is 0 Å². The van der Waals surface area contributed by atoms with Crippen LogP contribution in [0.15, 0.2) is 18.2 Å². The summed E-state index contributed by atoms with van der Waals surface area (Å²) in [4.78, 5) is 0. The van der Waals surface area contributed by atoms with Gasteiger partial charge in [-0.1, -0.05) is 19.1 Å². The lowest BCUT2D eigenvalue weighted by Crippen LogP contribution is -2.09. The molecule has 0 aliphatic rings. The van der Waals surface area contributed by atoms with Crippen molar-refractivity contribution in [1.29, 1.82) is 0 Å². The lowest BCUT2D eigenvalue weighted by Gasteiger charge is -2.14. The van der Waals surface area contributed by atoms with E-state index < -0.39 is 0 Å². The SMILES string of the molecule is COc1ccc(OC)c(-n2nnc(CN)c2C(C)C)c1. The predicted octanol–water partition coefficient (Wildman–Crippen LogP) is 1.87. The quantitative estimate of drug-likeness (QED) is 0.902. The fraction of sp³-hybridized carbons (Fsp3) is 0.429. The van der Waals surface area contributed by atoms with Crippen molar-refractivity contribution in [3.8, 4) is 17.2 Å². The molecule has 0 saturated carbocycles. The molecule has 0 atom stereocenters. The van der Waals surface area contributed by atoms with E-state index in [4.69, 9.17) is 15.2 Å². The second-order valence-electron chi connectivity index (χ2n) is 4.73. The molecule has 6 nitrogen and oxygen atoms in total. The highest BCUT2D eigenvalue weighted by Crippen LogP contribution is 2.30. The Bertz CT molecular complexity index is 593. The molecule has 2 aromatic rings. The van der Waals surface area contributed by atoms with Crippen molar-refractivity contribution in [3.63, 3.8) is 0 Å². The molecule has 0 saturated heterocycles. The third-order valence-electron chi connectivity index (χ3n) is 3.13. The number of methoxy groups -OCH3 is 2. The highest BCUT2D eigenvalue weighted by molar-refractivity contribution is 5.51. The zero-order valence-corrected chi connectivity index (χ0v) is 12.3. The highest BCUT2D eigenvalue weighted by atomic mass is 16.5. The zero-order valence-electron chi connectivity index (χ0n) is 12.3. The van der Waals surface area contributed by atoms with E-state index in [9.17, 15) is 0 Å². The topological polar surface area (TPSA) is 75.2 Å². The predicted molar refractivity (Wildman–Crippen MR) is 76.4 cm³/mol. The maximum Gasteiger partial charge on any atom is 0.144 e. The number of ether oxygens (including phenoxy) is 2. The van der Waals surface area contributed by atoms with Gasteiger partial charge in [0, 0.05) is 12.6 Å². The second kappa shape index (κ2) is 5.92. The molecule has 0 aliphatic carbocycles. The summed E-state index contributed by atoms with van der Waals surface area (Å²) in [5.41, 5.74) is 8.31. The molecule has 1 heterocycles.